The second-order valence-corrected chi connectivity index (χ2v) is 3.68. The Morgan fingerprint density at radius 1 is 1.29 bits per heavy atom. The number of aliphatic hydroxyl groups is 1. The van der Waals surface area contributed by atoms with Crippen LogP contribution in [0.5, 0.6) is 0 Å². The summed E-state index contributed by atoms with van der Waals surface area (Å²) in [7, 11) is 0. The van der Waals surface area contributed by atoms with Gasteiger partial charge in [-0.15, -0.1) is 0 Å². The molecule has 3 N–H and O–H groups in total. The molecule has 1 rings (SSSR count). The molecule has 17 heavy (non-hydrogen) atoms. The Morgan fingerprint density at radius 3 is 2.71 bits per heavy atom. The lowest BCUT2D eigenvalue weighted by molar-refractivity contribution is 0.0258. The lowest BCUT2D eigenvalue weighted by Crippen LogP contribution is -2.12. The van der Waals surface area contributed by atoms with Crippen molar-refractivity contribution in [2.45, 2.75) is 0 Å². The number of ether oxygens (including phenoxy) is 2. The number of aliphatic hydroxyl groups excluding tert-OH is 1. The number of anilines is 1. The smallest absolute Gasteiger partial charge is 0.338 e. The fraction of sp³-hybridized carbons (Fsp3) is 0.364. The maximum absolute atomic E-state index is 11.5. The molecule has 0 unspecified atom stereocenters. The summed E-state index contributed by atoms with van der Waals surface area (Å²) >= 11 is 5.76. The summed E-state index contributed by atoms with van der Waals surface area (Å²) in [5, 5.41) is 8.84. The van der Waals surface area contributed by atoms with Gasteiger partial charge in [0.15, 0.2) is 0 Å². The molecule has 0 aliphatic rings. The van der Waals surface area contributed by atoms with Gasteiger partial charge in [-0.3, -0.25) is 0 Å². The van der Waals surface area contributed by atoms with Crippen molar-refractivity contribution in [1.82, 2.24) is 0 Å². The Bertz CT molecular complexity index is 363. The SMILES string of the molecule is Nc1cc(Cl)cc(C(=O)OCCOCCO)c1. The highest BCUT2D eigenvalue weighted by Gasteiger charge is 2.08. The Hall–Kier alpha value is -1.30. The number of hydrogen-bond acceptors (Lipinski definition) is 5. The van der Waals surface area contributed by atoms with E-state index in [0.29, 0.717) is 16.3 Å². The molecule has 94 valence electrons. The highest BCUT2D eigenvalue weighted by molar-refractivity contribution is 6.31. The number of halogens is 1. The Balaban J connectivity index is 2.41. The van der Waals surface area contributed by atoms with E-state index >= 15 is 0 Å². The predicted molar refractivity (Wildman–Crippen MR) is 64.1 cm³/mol. The van der Waals surface area contributed by atoms with E-state index in [1.807, 2.05) is 0 Å². The number of carbonyl (C=O) groups is 1. The lowest BCUT2D eigenvalue weighted by atomic mass is 10.2. The van der Waals surface area contributed by atoms with Gasteiger partial charge < -0.3 is 20.3 Å². The largest absolute Gasteiger partial charge is 0.460 e. The van der Waals surface area contributed by atoms with Crippen molar-refractivity contribution >= 4 is 23.3 Å². The van der Waals surface area contributed by atoms with E-state index in [0.717, 1.165) is 0 Å². The van der Waals surface area contributed by atoms with Crippen molar-refractivity contribution < 1.29 is 19.4 Å². The first-order valence-electron chi connectivity index (χ1n) is 5.05. The standard InChI is InChI=1S/C11H14ClNO4/c12-9-5-8(6-10(13)7-9)11(15)17-4-3-16-2-1-14/h5-7,14H,1-4,13H2. The summed E-state index contributed by atoms with van der Waals surface area (Å²) in [5.41, 5.74) is 6.25. The van der Waals surface area contributed by atoms with Crippen molar-refractivity contribution in [3.05, 3.63) is 28.8 Å². The van der Waals surface area contributed by atoms with E-state index in [9.17, 15) is 4.79 Å². The topological polar surface area (TPSA) is 81.8 Å². The minimum Gasteiger partial charge on any atom is -0.460 e. The molecule has 5 nitrogen and oxygen atoms in total. The fourth-order valence-electron chi connectivity index (χ4n) is 1.17. The number of esters is 1. The van der Waals surface area contributed by atoms with E-state index in [1.165, 1.54) is 12.1 Å². The Labute approximate surface area is 104 Å². The van der Waals surface area contributed by atoms with E-state index in [2.05, 4.69) is 0 Å². The van der Waals surface area contributed by atoms with Gasteiger partial charge in [-0.1, -0.05) is 11.6 Å². The quantitative estimate of drug-likeness (QED) is 0.454. The Morgan fingerprint density at radius 2 is 2.06 bits per heavy atom. The predicted octanol–water partition coefficient (Wildman–Crippen LogP) is 1.09. The molecule has 0 aliphatic carbocycles. The summed E-state index contributed by atoms with van der Waals surface area (Å²) in [6.07, 6.45) is 0. The molecule has 0 saturated carbocycles. The maximum Gasteiger partial charge on any atom is 0.338 e. The van der Waals surface area contributed by atoms with Gasteiger partial charge in [0.25, 0.3) is 0 Å². The van der Waals surface area contributed by atoms with Crippen LogP contribution in [0, 0.1) is 0 Å². The number of carbonyl (C=O) groups excluding carboxylic acids is 1. The molecule has 1 aromatic rings. The highest BCUT2D eigenvalue weighted by atomic mass is 35.5. The zero-order chi connectivity index (χ0) is 12.7. The van der Waals surface area contributed by atoms with Gasteiger partial charge in [0.05, 0.1) is 25.4 Å². The summed E-state index contributed by atoms with van der Waals surface area (Å²) < 4.78 is 9.86. The number of nitrogens with two attached hydrogens (primary N) is 1. The molecule has 0 radical (unpaired) electrons. The van der Waals surface area contributed by atoms with Gasteiger partial charge in [0.2, 0.25) is 0 Å². The molecular weight excluding hydrogens is 246 g/mol. The number of benzene rings is 1. The first kappa shape index (κ1) is 13.8. The lowest BCUT2D eigenvalue weighted by Gasteiger charge is -2.06. The molecule has 0 fully saturated rings. The van der Waals surface area contributed by atoms with Crippen molar-refractivity contribution in [1.29, 1.82) is 0 Å². The van der Waals surface area contributed by atoms with E-state index in [-0.39, 0.29) is 26.4 Å². The van der Waals surface area contributed by atoms with Crippen molar-refractivity contribution in [3.8, 4) is 0 Å². The first-order valence-corrected chi connectivity index (χ1v) is 5.43. The molecule has 0 aromatic heterocycles. The third-order valence-electron chi connectivity index (χ3n) is 1.85. The van der Waals surface area contributed by atoms with Gasteiger partial charge in [0, 0.05) is 10.7 Å². The molecule has 1 aromatic carbocycles. The van der Waals surface area contributed by atoms with Crippen LogP contribution in [0.4, 0.5) is 5.69 Å². The minimum atomic E-state index is -0.508. The molecule has 0 bridgehead atoms. The van der Waals surface area contributed by atoms with Gasteiger partial charge in [0.1, 0.15) is 6.61 Å². The van der Waals surface area contributed by atoms with Gasteiger partial charge >= 0.3 is 5.97 Å². The van der Waals surface area contributed by atoms with Crippen LogP contribution in [0.3, 0.4) is 0 Å². The van der Waals surface area contributed by atoms with Crippen molar-refractivity contribution in [3.63, 3.8) is 0 Å². The van der Waals surface area contributed by atoms with Crippen molar-refractivity contribution in [2.75, 3.05) is 32.2 Å². The van der Waals surface area contributed by atoms with Gasteiger partial charge in [-0.2, -0.15) is 0 Å². The first-order chi connectivity index (χ1) is 8.13. The van der Waals surface area contributed by atoms with Crippen LogP contribution in [0.1, 0.15) is 10.4 Å². The van der Waals surface area contributed by atoms with Crippen molar-refractivity contribution in [2.24, 2.45) is 0 Å². The molecule has 0 heterocycles. The summed E-state index contributed by atoms with van der Waals surface area (Å²) in [5.74, 6) is -0.508. The van der Waals surface area contributed by atoms with Crippen LogP contribution in [-0.2, 0) is 9.47 Å². The van der Waals surface area contributed by atoms with E-state index in [4.69, 9.17) is 31.9 Å². The molecule has 0 saturated heterocycles. The summed E-state index contributed by atoms with van der Waals surface area (Å²) in [4.78, 5) is 11.5. The number of rotatable bonds is 6. The molecule has 0 amide bonds. The minimum absolute atomic E-state index is 0.0568. The van der Waals surface area contributed by atoms with Crippen LogP contribution in [0.25, 0.3) is 0 Å². The molecule has 0 atom stereocenters. The average Bonchev–Trinajstić information content (AvgIpc) is 2.27. The van der Waals surface area contributed by atoms with Crippen LogP contribution in [-0.4, -0.2) is 37.5 Å². The Kier molecular flexibility index (Phi) is 5.76. The number of hydrogen-bond donors (Lipinski definition) is 2. The van der Waals surface area contributed by atoms with Crippen LogP contribution >= 0.6 is 11.6 Å². The second kappa shape index (κ2) is 7.11. The second-order valence-electron chi connectivity index (χ2n) is 3.25. The monoisotopic (exact) mass is 259 g/mol. The highest BCUT2D eigenvalue weighted by Crippen LogP contribution is 2.17. The van der Waals surface area contributed by atoms with Gasteiger partial charge in [-0.05, 0) is 18.2 Å². The van der Waals surface area contributed by atoms with E-state index in [1.54, 1.807) is 6.07 Å². The molecule has 0 spiro atoms. The molecular formula is C11H14ClNO4. The average molecular weight is 260 g/mol. The molecule has 6 heteroatoms. The van der Waals surface area contributed by atoms with E-state index < -0.39 is 5.97 Å². The maximum atomic E-state index is 11.5. The zero-order valence-electron chi connectivity index (χ0n) is 9.19. The third-order valence-corrected chi connectivity index (χ3v) is 2.07. The van der Waals surface area contributed by atoms with Crippen LogP contribution < -0.4 is 5.73 Å². The van der Waals surface area contributed by atoms with Crippen LogP contribution in [0.15, 0.2) is 18.2 Å². The fourth-order valence-corrected chi connectivity index (χ4v) is 1.42. The van der Waals surface area contributed by atoms with Crippen LogP contribution in [0.2, 0.25) is 5.02 Å². The number of nitrogen functional groups attached to an aromatic ring is 1. The summed E-state index contributed by atoms with van der Waals surface area (Å²) in [6.45, 7) is 0.522. The summed E-state index contributed by atoms with van der Waals surface area (Å²) in [6, 6.07) is 4.51. The molecule has 0 aliphatic heterocycles. The zero-order valence-corrected chi connectivity index (χ0v) is 9.94. The van der Waals surface area contributed by atoms with Gasteiger partial charge in [-0.25, -0.2) is 4.79 Å². The third kappa shape index (κ3) is 5.04. The normalized spacial score (nSPS) is 10.2.